The molecule has 20 heavy (non-hydrogen) atoms. The van der Waals surface area contributed by atoms with E-state index in [1.807, 2.05) is 13.8 Å². The number of rotatable bonds is 7. The van der Waals surface area contributed by atoms with Crippen molar-refractivity contribution in [1.29, 1.82) is 0 Å². The van der Waals surface area contributed by atoms with Crippen molar-refractivity contribution in [2.45, 2.75) is 52.1 Å². The van der Waals surface area contributed by atoms with Crippen LogP contribution in [0.3, 0.4) is 0 Å². The highest BCUT2D eigenvalue weighted by atomic mass is 32.2. The molecule has 0 radical (unpaired) electrons. The molecule has 1 amide bonds. The molecule has 0 aromatic heterocycles. The van der Waals surface area contributed by atoms with E-state index in [1.165, 1.54) is 6.92 Å². The minimum atomic E-state index is -3.72. The molecule has 1 aliphatic rings. The number of carbonyl (C=O) groups excluding carboxylic acids is 1. The molecule has 1 aliphatic heterocycles. The van der Waals surface area contributed by atoms with E-state index in [4.69, 9.17) is 0 Å². The second-order valence-electron chi connectivity index (χ2n) is 5.60. The first-order chi connectivity index (χ1) is 9.12. The molecule has 1 saturated heterocycles. The van der Waals surface area contributed by atoms with Crippen LogP contribution in [0.25, 0.3) is 0 Å². The van der Waals surface area contributed by atoms with Crippen molar-refractivity contribution in [1.82, 2.24) is 9.62 Å². The predicted octanol–water partition coefficient (Wildman–Crippen LogP) is 1.21. The molecule has 2 unspecified atom stereocenters. The van der Waals surface area contributed by atoms with Crippen LogP contribution in [0.1, 0.15) is 33.6 Å². The van der Waals surface area contributed by atoms with Crippen LogP contribution in [-0.4, -0.2) is 50.0 Å². The lowest BCUT2D eigenvalue weighted by molar-refractivity contribution is -0.130. The summed E-state index contributed by atoms with van der Waals surface area (Å²) in [4.78, 5) is 13.6. The van der Waals surface area contributed by atoms with Gasteiger partial charge in [0.1, 0.15) is 6.04 Å². The number of carbonyl (C=O) groups is 1. The Morgan fingerprint density at radius 1 is 1.35 bits per heavy atom. The topological polar surface area (TPSA) is 66.5 Å². The van der Waals surface area contributed by atoms with Crippen molar-refractivity contribution >= 4 is 15.9 Å². The molecule has 118 valence electrons. The first-order valence-electron chi connectivity index (χ1n) is 6.71. The van der Waals surface area contributed by atoms with Gasteiger partial charge in [0, 0.05) is 19.0 Å². The summed E-state index contributed by atoms with van der Waals surface area (Å²) in [7, 11) is -3.72. The van der Waals surface area contributed by atoms with Gasteiger partial charge in [0.2, 0.25) is 22.4 Å². The Bertz CT molecular complexity index is 440. The van der Waals surface area contributed by atoms with E-state index in [0.29, 0.717) is 13.0 Å². The number of hydrogen-bond donors (Lipinski definition) is 1. The molecule has 1 fully saturated rings. The molecular formula is C12H22F2N2O3S. The zero-order valence-corrected chi connectivity index (χ0v) is 12.8. The minimum Gasteiger partial charge on any atom is -0.339 e. The maximum atomic E-state index is 12.2. The van der Waals surface area contributed by atoms with Crippen LogP contribution in [0.5, 0.6) is 0 Å². The number of sulfonamides is 1. The van der Waals surface area contributed by atoms with Crippen LogP contribution in [-0.2, 0) is 14.8 Å². The second kappa shape index (κ2) is 6.80. The first kappa shape index (κ1) is 17.3. The summed E-state index contributed by atoms with van der Waals surface area (Å²) in [6.07, 6.45) is -2.57. The number of halogens is 2. The third-order valence-electron chi connectivity index (χ3n) is 3.27. The smallest absolute Gasteiger partial charge is 0.241 e. The van der Waals surface area contributed by atoms with Crippen LogP contribution >= 0.6 is 0 Å². The van der Waals surface area contributed by atoms with Gasteiger partial charge < -0.3 is 4.90 Å². The molecule has 8 heteroatoms. The van der Waals surface area contributed by atoms with E-state index >= 15 is 0 Å². The van der Waals surface area contributed by atoms with Crippen LogP contribution in [0.4, 0.5) is 8.78 Å². The van der Waals surface area contributed by atoms with Crippen molar-refractivity contribution in [3.63, 3.8) is 0 Å². The van der Waals surface area contributed by atoms with Crippen molar-refractivity contribution < 1.29 is 22.0 Å². The third-order valence-corrected chi connectivity index (χ3v) is 4.92. The highest BCUT2D eigenvalue weighted by Gasteiger charge is 2.35. The minimum absolute atomic E-state index is 0.0229. The fourth-order valence-electron chi connectivity index (χ4n) is 2.34. The summed E-state index contributed by atoms with van der Waals surface area (Å²) in [6, 6.07) is -0.740. The van der Waals surface area contributed by atoms with E-state index in [0.717, 1.165) is 0 Å². The first-order valence-corrected chi connectivity index (χ1v) is 8.36. The number of nitrogens with zero attached hydrogens (tertiary/aromatic N) is 1. The van der Waals surface area contributed by atoms with E-state index in [2.05, 4.69) is 4.72 Å². The molecule has 0 aliphatic carbocycles. The molecule has 1 heterocycles. The van der Waals surface area contributed by atoms with Crippen molar-refractivity contribution in [2.24, 2.45) is 5.92 Å². The Hall–Kier alpha value is -0.760. The van der Waals surface area contributed by atoms with E-state index in [9.17, 15) is 22.0 Å². The number of hydrogen-bond acceptors (Lipinski definition) is 3. The molecule has 0 aromatic rings. The van der Waals surface area contributed by atoms with Gasteiger partial charge in [0.25, 0.3) is 0 Å². The Morgan fingerprint density at radius 2 is 1.95 bits per heavy atom. The molecule has 0 bridgehead atoms. The number of alkyl halides is 2. The van der Waals surface area contributed by atoms with Crippen LogP contribution < -0.4 is 4.72 Å². The van der Waals surface area contributed by atoms with Gasteiger partial charge in [-0.25, -0.2) is 21.9 Å². The van der Waals surface area contributed by atoms with Gasteiger partial charge in [0.15, 0.2) is 0 Å². The summed E-state index contributed by atoms with van der Waals surface area (Å²) in [6.45, 7) is 5.69. The van der Waals surface area contributed by atoms with Crippen LogP contribution in [0.15, 0.2) is 0 Å². The van der Waals surface area contributed by atoms with Crippen LogP contribution in [0.2, 0.25) is 0 Å². The van der Waals surface area contributed by atoms with Gasteiger partial charge in [-0.05, 0) is 26.2 Å². The Labute approximate surface area is 118 Å². The zero-order chi connectivity index (χ0) is 15.5. The third kappa shape index (κ3) is 4.97. The normalized spacial score (nSPS) is 22.1. The van der Waals surface area contributed by atoms with Crippen molar-refractivity contribution in [2.75, 3.05) is 12.3 Å². The predicted molar refractivity (Wildman–Crippen MR) is 72.0 cm³/mol. The SMILES string of the molecule is CC(CC(F)F)CS(=O)(=O)NC1CCN(C(C)C)C1=O. The molecule has 0 aromatic carbocycles. The fraction of sp³-hybridized carbons (Fsp3) is 0.917. The molecular weight excluding hydrogens is 290 g/mol. The molecule has 0 spiro atoms. The lowest BCUT2D eigenvalue weighted by Gasteiger charge is -2.21. The van der Waals surface area contributed by atoms with Gasteiger partial charge >= 0.3 is 0 Å². The van der Waals surface area contributed by atoms with Gasteiger partial charge in [-0.3, -0.25) is 4.79 Å². The Morgan fingerprint density at radius 3 is 2.40 bits per heavy atom. The maximum Gasteiger partial charge on any atom is 0.241 e. The second-order valence-corrected chi connectivity index (χ2v) is 7.40. The van der Waals surface area contributed by atoms with E-state index in [1.54, 1.807) is 4.90 Å². The summed E-state index contributed by atoms with van der Waals surface area (Å²) in [5.41, 5.74) is 0. The van der Waals surface area contributed by atoms with Crippen LogP contribution in [0, 0.1) is 5.92 Å². The standard InChI is InChI=1S/C12H22F2N2O3S/c1-8(2)16-5-4-10(12(16)17)15-20(18,19)7-9(3)6-11(13)14/h8-11,15H,4-7H2,1-3H3. The molecule has 1 N–H and O–H groups in total. The molecule has 1 rings (SSSR count). The monoisotopic (exact) mass is 312 g/mol. The lowest BCUT2D eigenvalue weighted by Crippen LogP contribution is -2.44. The quantitative estimate of drug-likeness (QED) is 0.768. The average Bonchev–Trinajstić information content (AvgIpc) is 2.57. The van der Waals surface area contributed by atoms with Gasteiger partial charge in [-0.1, -0.05) is 6.92 Å². The lowest BCUT2D eigenvalue weighted by atomic mass is 10.1. The van der Waals surface area contributed by atoms with E-state index in [-0.39, 0.29) is 17.7 Å². The Balaban J connectivity index is 2.57. The van der Waals surface area contributed by atoms with E-state index < -0.39 is 34.8 Å². The zero-order valence-electron chi connectivity index (χ0n) is 12.0. The summed E-state index contributed by atoms with van der Waals surface area (Å²) in [5.74, 6) is -1.28. The number of nitrogens with one attached hydrogen (secondary N) is 1. The summed E-state index contributed by atoms with van der Waals surface area (Å²) >= 11 is 0. The fourth-order valence-corrected chi connectivity index (χ4v) is 3.97. The van der Waals surface area contributed by atoms with Gasteiger partial charge in [-0.15, -0.1) is 0 Å². The highest BCUT2D eigenvalue weighted by Crippen LogP contribution is 2.17. The van der Waals surface area contributed by atoms with Crippen molar-refractivity contribution in [3.8, 4) is 0 Å². The van der Waals surface area contributed by atoms with Gasteiger partial charge in [0.05, 0.1) is 5.75 Å². The maximum absolute atomic E-state index is 12.2. The molecule has 0 saturated carbocycles. The Kier molecular flexibility index (Phi) is 5.88. The summed E-state index contributed by atoms with van der Waals surface area (Å²) < 4.78 is 50.5. The number of amides is 1. The molecule has 5 nitrogen and oxygen atoms in total. The summed E-state index contributed by atoms with van der Waals surface area (Å²) in [5, 5.41) is 0. The average molecular weight is 312 g/mol. The van der Waals surface area contributed by atoms with Gasteiger partial charge in [-0.2, -0.15) is 0 Å². The van der Waals surface area contributed by atoms with Crippen molar-refractivity contribution in [3.05, 3.63) is 0 Å². The highest BCUT2D eigenvalue weighted by molar-refractivity contribution is 7.89. The number of likely N-dealkylation sites (tertiary alicyclic amines) is 1. The largest absolute Gasteiger partial charge is 0.339 e. The molecule has 2 atom stereocenters.